The van der Waals surface area contributed by atoms with E-state index in [1.807, 2.05) is 30.3 Å². The molecule has 1 aromatic heterocycles. The summed E-state index contributed by atoms with van der Waals surface area (Å²) in [5, 5.41) is 0.498. The van der Waals surface area contributed by atoms with Crippen LogP contribution in [-0.4, -0.2) is 20.3 Å². The van der Waals surface area contributed by atoms with E-state index in [1.165, 1.54) is 6.07 Å². The Labute approximate surface area is 204 Å². The highest BCUT2D eigenvalue weighted by Crippen LogP contribution is 2.27. The Morgan fingerprint density at radius 2 is 1.49 bits per heavy atom. The van der Waals surface area contributed by atoms with Crippen molar-refractivity contribution >= 4 is 22.3 Å². The maximum atomic E-state index is 12.7. The third-order valence-corrected chi connectivity index (χ3v) is 5.68. The molecule has 0 aliphatic carbocycles. The van der Waals surface area contributed by atoms with E-state index in [1.54, 1.807) is 37.4 Å². The summed E-state index contributed by atoms with van der Waals surface area (Å²) >= 11 is 0. The van der Waals surface area contributed by atoms with E-state index in [9.17, 15) is 4.79 Å². The summed E-state index contributed by atoms with van der Waals surface area (Å²) < 4.78 is 22.7. The SMILES string of the molecule is COc1ccc(-c2cc(=O)c3cc(OCCCCCCOc4cc(N)ccc4N)ccc3o2)cc1. The molecule has 3 aromatic carbocycles. The molecule has 4 aromatic rings. The van der Waals surface area contributed by atoms with Crippen LogP contribution in [0, 0.1) is 0 Å². The van der Waals surface area contributed by atoms with E-state index >= 15 is 0 Å². The highest BCUT2D eigenvalue weighted by molar-refractivity contribution is 5.80. The highest BCUT2D eigenvalue weighted by atomic mass is 16.5. The second-order valence-corrected chi connectivity index (χ2v) is 8.27. The fourth-order valence-electron chi connectivity index (χ4n) is 3.73. The van der Waals surface area contributed by atoms with Crippen molar-refractivity contribution in [1.29, 1.82) is 0 Å². The zero-order valence-corrected chi connectivity index (χ0v) is 19.8. The van der Waals surface area contributed by atoms with E-state index in [-0.39, 0.29) is 5.43 Å². The number of methoxy groups -OCH3 is 1. The molecule has 182 valence electrons. The van der Waals surface area contributed by atoms with Gasteiger partial charge in [0.1, 0.15) is 28.6 Å². The van der Waals surface area contributed by atoms with Gasteiger partial charge in [-0.15, -0.1) is 0 Å². The summed E-state index contributed by atoms with van der Waals surface area (Å²) in [6, 6.07) is 19.5. The van der Waals surface area contributed by atoms with Gasteiger partial charge in [0.2, 0.25) is 0 Å². The maximum Gasteiger partial charge on any atom is 0.193 e. The Hall–Kier alpha value is -4.13. The molecule has 0 spiro atoms. The maximum absolute atomic E-state index is 12.7. The van der Waals surface area contributed by atoms with Crippen molar-refractivity contribution in [2.45, 2.75) is 25.7 Å². The van der Waals surface area contributed by atoms with Gasteiger partial charge in [-0.3, -0.25) is 4.79 Å². The lowest BCUT2D eigenvalue weighted by Gasteiger charge is -2.10. The molecule has 35 heavy (non-hydrogen) atoms. The van der Waals surface area contributed by atoms with E-state index in [2.05, 4.69) is 0 Å². The second-order valence-electron chi connectivity index (χ2n) is 8.27. The minimum absolute atomic E-state index is 0.108. The number of fused-ring (bicyclic) bond motifs is 1. The molecule has 0 aliphatic heterocycles. The molecular weight excluding hydrogens is 444 g/mol. The van der Waals surface area contributed by atoms with Gasteiger partial charge in [0.05, 0.1) is 31.4 Å². The lowest BCUT2D eigenvalue weighted by Crippen LogP contribution is -2.03. The minimum atomic E-state index is -0.108. The molecular formula is C28H30N2O5. The number of nitrogen functional groups attached to an aromatic ring is 2. The highest BCUT2D eigenvalue weighted by Gasteiger charge is 2.09. The number of anilines is 2. The molecule has 0 saturated carbocycles. The van der Waals surface area contributed by atoms with Gasteiger partial charge in [0.25, 0.3) is 0 Å². The third-order valence-electron chi connectivity index (χ3n) is 5.68. The van der Waals surface area contributed by atoms with Gasteiger partial charge >= 0.3 is 0 Å². The lowest BCUT2D eigenvalue weighted by molar-refractivity contribution is 0.288. The normalized spacial score (nSPS) is 10.9. The first-order valence-electron chi connectivity index (χ1n) is 11.7. The number of rotatable bonds is 11. The first-order chi connectivity index (χ1) is 17.0. The van der Waals surface area contributed by atoms with Gasteiger partial charge in [-0.25, -0.2) is 0 Å². The molecule has 0 unspecified atom stereocenters. The van der Waals surface area contributed by atoms with Crippen LogP contribution in [0.2, 0.25) is 0 Å². The predicted octanol–water partition coefficient (Wildman–Crippen LogP) is 5.65. The first-order valence-corrected chi connectivity index (χ1v) is 11.7. The van der Waals surface area contributed by atoms with Gasteiger partial charge in [0, 0.05) is 23.4 Å². The molecule has 1 heterocycles. The Kier molecular flexibility index (Phi) is 7.77. The van der Waals surface area contributed by atoms with Crippen LogP contribution in [0.25, 0.3) is 22.3 Å². The Morgan fingerprint density at radius 3 is 2.23 bits per heavy atom. The van der Waals surface area contributed by atoms with Crippen molar-refractivity contribution in [3.05, 3.63) is 77.0 Å². The Balaban J connectivity index is 1.24. The van der Waals surface area contributed by atoms with E-state index in [0.717, 1.165) is 37.0 Å². The van der Waals surface area contributed by atoms with Crippen molar-refractivity contribution in [1.82, 2.24) is 0 Å². The molecule has 0 fully saturated rings. The summed E-state index contributed by atoms with van der Waals surface area (Å²) in [4.78, 5) is 12.7. The van der Waals surface area contributed by atoms with Crippen LogP contribution in [0.3, 0.4) is 0 Å². The molecule has 0 atom stereocenters. The molecule has 0 amide bonds. The number of benzene rings is 3. The number of unbranched alkanes of at least 4 members (excludes halogenated alkanes) is 3. The van der Waals surface area contributed by atoms with E-state index < -0.39 is 0 Å². The monoisotopic (exact) mass is 474 g/mol. The standard InChI is InChI=1S/C28H30N2O5/c1-32-21-9-6-19(7-10-21)27-18-25(31)23-17-22(11-13-26(23)35-27)33-14-4-2-3-5-15-34-28-16-20(29)8-12-24(28)30/h6-13,16-18H,2-5,14-15,29-30H2,1H3. The Bertz CT molecular complexity index is 1330. The van der Waals surface area contributed by atoms with E-state index in [0.29, 0.717) is 52.8 Å². The molecule has 0 radical (unpaired) electrons. The van der Waals surface area contributed by atoms with Crippen molar-refractivity contribution in [3.63, 3.8) is 0 Å². The number of nitrogens with two attached hydrogens (primary N) is 2. The van der Waals surface area contributed by atoms with Crippen molar-refractivity contribution < 1.29 is 18.6 Å². The fraction of sp³-hybridized carbons (Fsp3) is 0.250. The largest absolute Gasteiger partial charge is 0.497 e. The van der Waals surface area contributed by atoms with Gasteiger partial charge in [0.15, 0.2) is 5.43 Å². The van der Waals surface area contributed by atoms with Gasteiger partial charge < -0.3 is 30.1 Å². The summed E-state index contributed by atoms with van der Waals surface area (Å²) in [7, 11) is 1.61. The third kappa shape index (κ3) is 6.26. The molecule has 0 bridgehead atoms. The minimum Gasteiger partial charge on any atom is -0.497 e. The van der Waals surface area contributed by atoms with Crippen LogP contribution in [0.1, 0.15) is 25.7 Å². The fourth-order valence-corrected chi connectivity index (χ4v) is 3.73. The summed E-state index contributed by atoms with van der Waals surface area (Å²) in [6.45, 7) is 1.16. The molecule has 0 saturated heterocycles. The van der Waals surface area contributed by atoms with Crippen LogP contribution in [0.15, 0.2) is 75.9 Å². The zero-order valence-electron chi connectivity index (χ0n) is 19.8. The van der Waals surface area contributed by atoms with E-state index in [4.69, 9.17) is 30.1 Å². The molecule has 7 nitrogen and oxygen atoms in total. The number of hydrogen-bond acceptors (Lipinski definition) is 7. The van der Waals surface area contributed by atoms with Crippen molar-refractivity contribution in [2.24, 2.45) is 0 Å². The van der Waals surface area contributed by atoms with Gasteiger partial charge in [-0.1, -0.05) is 0 Å². The topological polar surface area (TPSA) is 110 Å². The zero-order chi connectivity index (χ0) is 24.6. The first kappa shape index (κ1) is 24.0. The molecule has 4 N–H and O–H groups in total. The van der Waals surface area contributed by atoms with Crippen LogP contribution in [-0.2, 0) is 0 Å². The van der Waals surface area contributed by atoms with Crippen LogP contribution >= 0.6 is 0 Å². The summed E-state index contributed by atoms with van der Waals surface area (Å²) in [5.41, 5.74) is 14.1. The second kappa shape index (κ2) is 11.3. The lowest BCUT2D eigenvalue weighted by atomic mass is 10.1. The molecule has 7 heteroatoms. The quantitative estimate of drug-likeness (QED) is 0.213. The molecule has 0 aliphatic rings. The van der Waals surface area contributed by atoms with Crippen LogP contribution in [0.5, 0.6) is 17.2 Å². The predicted molar refractivity (Wildman–Crippen MR) is 139 cm³/mol. The van der Waals surface area contributed by atoms with Crippen molar-refractivity contribution in [3.8, 4) is 28.6 Å². The smallest absolute Gasteiger partial charge is 0.193 e. The molecule has 4 rings (SSSR count). The van der Waals surface area contributed by atoms with Crippen LogP contribution < -0.4 is 31.1 Å². The summed E-state index contributed by atoms with van der Waals surface area (Å²) in [6.07, 6.45) is 3.85. The average molecular weight is 475 g/mol. The Morgan fingerprint density at radius 1 is 0.771 bits per heavy atom. The van der Waals surface area contributed by atoms with Gasteiger partial charge in [-0.2, -0.15) is 0 Å². The van der Waals surface area contributed by atoms with Crippen LogP contribution in [0.4, 0.5) is 11.4 Å². The average Bonchev–Trinajstić information content (AvgIpc) is 2.87. The van der Waals surface area contributed by atoms with Crippen molar-refractivity contribution in [2.75, 3.05) is 31.8 Å². The summed E-state index contributed by atoms with van der Waals surface area (Å²) in [5.74, 6) is 2.55. The number of ether oxygens (including phenoxy) is 3. The number of hydrogen-bond donors (Lipinski definition) is 2. The van der Waals surface area contributed by atoms with Gasteiger partial charge in [-0.05, 0) is 80.3 Å².